The van der Waals surface area contributed by atoms with E-state index in [1.807, 2.05) is 0 Å². The average molecular weight is 240 g/mol. The number of carbonyl (C=O) groups is 1. The van der Waals surface area contributed by atoms with Crippen molar-refractivity contribution in [1.29, 1.82) is 0 Å². The second-order valence-electron chi connectivity index (χ2n) is 3.26. The molecule has 1 rings (SSSR count). The van der Waals surface area contributed by atoms with Crippen molar-refractivity contribution in [1.82, 2.24) is 4.98 Å². The fourth-order valence-electron chi connectivity index (χ4n) is 1.38. The van der Waals surface area contributed by atoms with Gasteiger partial charge in [-0.2, -0.15) is 0 Å². The quantitative estimate of drug-likeness (QED) is 0.723. The van der Waals surface area contributed by atoms with E-state index in [0.29, 0.717) is 0 Å². The molecule has 17 heavy (non-hydrogen) atoms. The zero-order chi connectivity index (χ0) is 12.8. The zero-order valence-electron chi connectivity index (χ0n) is 9.14. The van der Waals surface area contributed by atoms with Crippen LogP contribution in [0.3, 0.4) is 0 Å². The molecule has 0 amide bonds. The van der Waals surface area contributed by atoms with Crippen molar-refractivity contribution in [3.8, 4) is 0 Å². The molecular formula is C11H13FN2O3. The molecule has 0 spiro atoms. The average Bonchev–Trinajstić information content (AvgIpc) is 2.29. The second-order valence-corrected chi connectivity index (χ2v) is 3.26. The first-order valence-electron chi connectivity index (χ1n) is 4.96. The fourth-order valence-corrected chi connectivity index (χ4v) is 1.38. The Morgan fingerprint density at radius 2 is 2.35 bits per heavy atom. The number of carboxylic acids is 1. The van der Waals surface area contributed by atoms with Crippen molar-refractivity contribution in [3.63, 3.8) is 0 Å². The predicted octanol–water partition coefficient (Wildman–Crippen LogP) is 0.904. The minimum atomic E-state index is -1.35. The lowest BCUT2D eigenvalue weighted by atomic mass is 10.2. The number of carboxylic acid groups (broad SMARTS) is 1. The Labute approximate surface area is 97.8 Å². The van der Waals surface area contributed by atoms with E-state index in [1.165, 1.54) is 17.2 Å². The van der Waals surface area contributed by atoms with Gasteiger partial charge in [0.15, 0.2) is 11.6 Å². The lowest BCUT2D eigenvalue weighted by molar-refractivity contribution is 0.0692. The van der Waals surface area contributed by atoms with Gasteiger partial charge in [0.25, 0.3) is 0 Å². The topological polar surface area (TPSA) is 73.7 Å². The highest BCUT2D eigenvalue weighted by atomic mass is 19.1. The smallest absolute Gasteiger partial charge is 0.338 e. The van der Waals surface area contributed by atoms with Gasteiger partial charge in [-0.1, -0.05) is 6.08 Å². The largest absolute Gasteiger partial charge is 0.478 e. The molecule has 5 nitrogen and oxygen atoms in total. The van der Waals surface area contributed by atoms with Crippen LogP contribution in [0.2, 0.25) is 0 Å². The number of nitrogens with zero attached hydrogens (tertiary/aromatic N) is 2. The van der Waals surface area contributed by atoms with Gasteiger partial charge in [-0.25, -0.2) is 14.2 Å². The number of pyridine rings is 1. The molecule has 0 saturated heterocycles. The van der Waals surface area contributed by atoms with Gasteiger partial charge in [0.05, 0.1) is 6.61 Å². The third-order valence-electron chi connectivity index (χ3n) is 2.12. The highest BCUT2D eigenvalue weighted by molar-refractivity contribution is 5.88. The third kappa shape index (κ3) is 3.01. The molecule has 6 heteroatoms. The first kappa shape index (κ1) is 13.1. The summed E-state index contributed by atoms with van der Waals surface area (Å²) in [6.07, 6.45) is 2.74. The van der Waals surface area contributed by atoms with Crippen molar-refractivity contribution >= 4 is 11.8 Å². The summed E-state index contributed by atoms with van der Waals surface area (Å²) in [5.41, 5.74) is -0.443. The van der Waals surface area contributed by atoms with E-state index in [4.69, 9.17) is 10.2 Å². The SMILES string of the molecule is C=CCN(CCO)c1nccc(C(=O)O)c1F. The molecule has 0 radical (unpaired) electrons. The molecule has 0 fully saturated rings. The third-order valence-corrected chi connectivity index (χ3v) is 2.12. The number of anilines is 1. The molecule has 0 aliphatic carbocycles. The molecule has 0 saturated carbocycles. The summed E-state index contributed by atoms with van der Waals surface area (Å²) in [6.45, 7) is 3.74. The van der Waals surface area contributed by atoms with Crippen LogP contribution in [0.15, 0.2) is 24.9 Å². The zero-order valence-corrected chi connectivity index (χ0v) is 9.14. The highest BCUT2D eigenvalue weighted by Crippen LogP contribution is 2.19. The van der Waals surface area contributed by atoms with Gasteiger partial charge >= 0.3 is 5.97 Å². The van der Waals surface area contributed by atoms with Crippen LogP contribution in [0.25, 0.3) is 0 Å². The van der Waals surface area contributed by atoms with Gasteiger partial charge in [-0.3, -0.25) is 0 Å². The van der Waals surface area contributed by atoms with Crippen molar-refractivity contribution in [2.45, 2.75) is 0 Å². The first-order chi connectivity index (χ1) is 8.11. The second kappa shape index (κ2) is 5.95. The Hall–Kier alpha value is -1.95. The Morgan fingerprint density at radius 1 is 1.65 bits per heavy atom. The lowest BCUT2D eigenvalue weighted by Crippen LogP contribution is -2.29. The lowest BCUT2D eigenvalue weighted by Gasteiger charge is -2.21. The first-order valence-corrected chi connectivity index (χ1v) is 4.96. The molecule has 92 valence electrons. The molecule has 1 aromatic rings. The number of halogens is 1. The maximum Gasteiger partial charge on any atom is 0.338 e. The minimum absolute atomic E-state index is 0.0983. The summed E-state index contributed by atoms with van der Waals surface area (Å²) in [5.74, 6) is -2.36. The van der Waals surface area contributed by atoms with E-state index in [1.54, 1.807) is 0 Å². The van der Waals surface area contributed by atoms with Gasteiger partial charge in [0.1, 0.15) is 5.56 Å². The van der Waals surface area contributed by atoms with Crippen LogP contribution in [0.1, 0.15) is 10.4 Å². The molecule has 1 heterocycles. The molecule has 2 N–H and O–H groups in total. The van der Waals surface area contributed by atoms with Crippen LogP contribution >= 0.6 is 0 Å². The number of hydrogen-bond donors (Lipinski definition) is 2. The Balaban J connectivity index is 3.14. The fraction of sp³-hybridized carbons (Fsp3) is 0.273. The number of aliphatic hydroxyl groups is 1. The summed E-state index contributed by atoms with van der Waals surface area (Å²) in [7, 11) is 0. The van der Waals surface area contributed by atoms with Crippen LogP contribution in [-0.2, 0) is 0 Å². The monoisotopic (exact) mass is 240 g/mol. The van der Waals surface area contributed by atoms with Crippen molar-refractivity contribution in [3.05, 3.63) is 36.3 Å². The van der Waals surface area contributed by atoms with Crippen LogP contribution in [0, 0.1) is 5.82 Å². The Bertz CT molecular complexity index is 423. The molecule has 0 bridgehead atoms. The van der Waals surface area contributed by atoms with Crippen molar-refractivity contribution in [2.24, 2.45) is 0 Å². The molecule has 0 atom stereocenters. The van der Waals surface area contributed by atoms with Crippen LogP contribution < -0.4 is 4.90 Å². The van der Waals surface area contributed by atoms with E-state index in [2.05, 4.69) is 11.6 Å². The van der Waals surface area contributed by atoms with Crippen LogP contribution in [-0.4, -0.2) is 40.9 Å². The normalized spacial score (nSPS) is 10.0. The summed E-state index contributed by atoms with van der Waals surface area (Å²) >= 11 is 0. The summed E-state index contributed by atoms with van der Waals surface area (Å²) in [4.78, 5) is 16.0. The molecule has 0 unspecified atom stereocenters. The van der Waals surface area contributed by atoms with Gasteiger partial charge in [0.2, 0.25) is 0 Å². The maximum absolute atomic E-state index is 13.8. The van der Waals surface area contributed by atoms with E-state index < -0.39 is 17.3 Å². The number of rotatable bonds is 6. The Kier molecular flexibility index (Phi) is 4.59. The molecule has 0 aliphatic rings. The standard InChI is InChI=1S/C11H13FN2O3/c1-2-5-14(6-7-15)10-9(12)8(11(16)17)3-4-13-10/h2-4,15H,1,5-7H2,(H,16,17). The van der Waals surface area contributed by atoms with Crippen LogP contribution in [0.4, 0.5) is 10.2 Å². The molecule has 0 aromatic carbocycles. The number of aromatic carboxylic acids is 1. The summed E-state index contributed by atoms with van der Waals surface area (Å²) < 4.78 is 13.8. The van der Waals surface area contributed by atoms with Crippen molar-refractivity contribution in [2.75, 3.05) is 24.6 Å². The number of aliphatic hydroxyl groups excluding tert-OH is 1. The van der Waals surface area contributed by atoms with Gasteiger partial charge in [0, 0.05) is 19.3 Å². The molecular weight excluding hydrogens is 227 g/mol. The van der Waals surface area contributed by atoms with Crippen LogP contribution in [0.5, 0.6) is 0 Å². The summed E-state index contributed by atoms with van der Waals surface area (Å²) in [5, 5.41) is 17.6. The summed E-state index contributed by atoms with van der Waals surface area (Å²) in [6, 6.07) is 1.09. The Morgan fingerprint density at radius 3 is 2.88 bits per heavy atom. The highest BCUT2D eigenvalue weighted by Gasteiger charge is 2.18. The van der Waals surface area contributed by atoms with E-state index in [9.17, 15) is 9.18 Å². The van der Waals surface area contributed by atoms with E-state index in [0.717, 1.165) is 6.07 Å². The van der Waals surface area contributed by atoms with Crippen molar-refractivity contribution < 1.29 is 19.4 Å². The van der Waals surface area contributed by atoms with E-state index >= 15 is 0 Å². The minimum Gasteiger partial charge on any atom is -0.478 e. The number of hydrogen-bond acceptors (Lipinski definition) is 4. The number of aromatic nitrogens is 1. The van der Waals surface area contributed by atoms with E-state index in [-0.39, 0.29) is 25.5 Å². The van der Waals surface area contributed by atoms with Gasteiger partial charge in [-0.15, -0.1) is 6.58 Å². The molecule has 1 aromatic heterocycles. The maximum atomic E-state index is 13.8. The predicted molar refractivity (Wildman–Crippen MR) is 60.7 cm³/mol. The molecule has 0 aliphatic heterocycles. The van der Waals surface area contributed by atoms with Gasteiger partial charge in [-0.05, 0) is 6.07 Å². The van der Waals surface area contributed by atoms with Gasteiger partial charge < -0.3 is 15.1 Å².